The SMILES string of the molecule is CC(=O)CCC(=O)NCCN1CCSCC1. The fourth-order valence-corrected chi connectivity index (χ4v) is 2.53. The Morgan fingerprint density at radius 1 is 1.25 bits per heavy atom. The number of hydrogen-bond donors (Lipinski definition) is 1. The molecule has 1 heterocycles. The molecule has 0 aromatic rings. The minimum absolute atomic E-state index is 0.0124. The second kappa shape index (κ2) is 7.68. The molecule has 1 aliphatic heterocycles. The van der Waals surface area contributed by atoms with Crippen molar-refractivity contribution in [2.24, 2.45) is 0 Å². The minimum Gasteiger partial charge on any atom is -0.355 e. The highest BCUT2D eigenvalue weighted by atomic mass is 32.2. The van der Waals surface area contributed by atoms with Crippen molar-refractivity contribution in [2.75, 3.05) is 37.7 Å². The monoisotopic (exact) mass is 244 g/mol. The number of amides is 1. The summed E-state index contributed by atoms with van der Waals surface area (Å²) >= 11 is 1.98. The van der Waals surface area contributed by atoms with Gasteiger partial charge in [0.15, 0.2) is 0 Å². The molecule has 16 heavy (non-hydrogen) atoms. The minimum atomic E-state index is -0.0124. The number of Topliss-reactive ketones (excluding diaryl/α,β-unsaturated/α-hetero) is 1. The van der Waals surface area contributed by atoms with Crippen molar-refractivity contribution in [1.82, 2.24) is 10.2 Å². The van der Waals surface area contributed by atoms with Gasteiger partial charge < -0.3 is 10.1 Å². The maximum absolute atomic E-state index is 11.3. The van der Waals surface area contributed by atoms with E-state index in [1.807, 2.05) is 11.8 Å². The van der Waals surface area contributed by atoms with Crippen molar-refractivity contribution in [2.45, 2.75) is 19.8 Å². The maximum Gasteiger partial charge on any atom is 0.220 e. The second-order valence-corrected chi connectivity index (χ2v) is 5.23. The van der Waals surface area contributed by atoms with Gasteiger partial charge in [0.05, 0.1) is 0 Å². The zero-order chi connectivity index (χ0) is 11.8. The zero-order valence-electron chi connectivity index (χ0n) is 9.83. The van der Waals surface area contributed by atoms with E-state index in [-0.39, 0.29) is 11.7 Å². The van der Waals surface area contributed by atoms with Crippen molar-refractivity contribution in [1.29, 1.82) is 0 Å². The zero-order valence-corrected chi connectivity index (χ0v) is 10.6. The second-order valence-electron chi connectivity index (χ2n) is 4.01. The van der Waals surface area contributed by atoms with Crippen LogP contribution in [0.25, 0.3) is 0 Å². The summed E-state index contributed by atoms with van der Waals surface area (Å²) in [4.78, 5) is 24.3. The lowest BCUT2D eigenvalue weighted by atomic mass is 10.2. The third-order valence-corrected chi connectivity index (χ3v) is 3.50. The maximum atomic E-state index is 11.3. The Labute approximate surface area is 101 Å². The standard InChI is InChI=1S/C11H20N2O2S/c1-10(14)2-3-11(15)12-4-5-13-6-8-16-9-7-13/h2-9H2,1H3,(H,12,15). The summed E-state index contributed by atoms with van der Waals surface area (Å²) in [7, 11) is 0. The van der Waals surface area contributed by atoms with Gasteiger partial charge in [0.25, 0.3) is 0 Å². The molecule has 1 fully saturated rings. The van der Waals surface area contributed by atoms with Crippen LogP contribution in [0.4, 0.5) is 0 Å². The smallest absolute Gasteiger partial charge is 0.220 e. The highest BCUT2D eigenvalue weighted by Crippen LogP contribution is 2.07. The first kappa shape index (κ1) is 13.5. The Balaban J connectivity index is 2.01. The molecule has 1 saturated heterocycles. The van der Waals surface area contributed by atoms with Crippen LogP contribution in [0, 0.1) is 0 Å². The summed E-state index contributed by atoms with van der Waals surface area (Å²) in [5.41, 5.74) is 0. The topological polar surface area (TPSA) is 49.4 Å². The van der Waals surface area contributed by atoms with Gasteiger partial charge in [0.1, 0.15) is 5.78 Å². The van der Waals surface area contributed by atoms with E-state index >= 15 is 0 Å². The Hall–Kier alpha value is -0.550. The Morgan fingerprint density at radius 3 is 2.56 bits per heavy atom. The van der Waals surface area contributed by atoms with Crippen molar-refractivity contribution >= 4 is 23.5 Å². The molecule has 0 aliphatic carbocycles. The molecule has 0 bridgehead atoms. The summed E-state index contributed by atoms with van der Waals surface area (Å²) in [6.45, 7) is 5.37. The first-order chi connectivity index (χ1) is 7.68. The molecule has 0 spiro atoms. The lowest BCUT2D eigenvalue weighted by Gasteiger charge is -2.25. The molecular weight excluding hydrogens is 224 g/mol. The third-order valence-electron chi connectivity index (χ3n) is 2.56. The van der Waals surface area contributed by atoms with Gasteiger partial charge in [-0.05, 0) is 6.92 Å². The molecule has 0 unspecified atom stereocenters. The molecule has 1 amide bonds. The van der Waals surface area contributed by atoms with Crippen molar-refractivity contribution in [3.8, 4) is 0 Å². The third kappa shape index (κ3) is 6.12. The van der Waals surface area contributed by atoms with Gasteiger partial charge in [-0.3, -0.25) is 9.69 Å². The molecule has 1 rings (SSSR count). The summed E-state index contributed by atoms with van der Waals surface area (Å²) in [5, 5.41) is 2.85. The van der Waals surface area contributed by atoms with E-state index in [0.29, 0.717) is 19.4 Å². The number of thioether (sulfide) groups is 1. The van der Waals surface area contributed by atoms with Crippen LogP contribution in [0.5, 0.6) is 0 Å². The summed E-state index contributed by atoms with van der Waals surface area (Å²) in [6, 6.07) is 0. The van der Waals surface area contributed by atoms with Crippen molar-refractivity contribution < 1.29 is 9.59 Å². The normalized spacial score (nSPS) is 17.1. The molecule has 0 atom stereocenters. The number of carbonyl (C=O) groups excluding carboxylic acids is 2. The summed E-state index contributed by atoms with van der Waals surface area (Å²) < 4.78 is 0. The average Bonchev–Trinajstić information content (AvgIpc) is 2.28. The first-order valence-electron chi connectivity index (χ1n) is 5.74. The summed E-state index contributed by atoms with van der Waals surface area (Å²) in [5.74, 6) is 2.45. The predicted molar refractivity (Wildman–Crippen MR) is 66.7 cm³/mol. The largest absolute Gasteiger partial charge is 0.355 e. The van der Waals surface area contributed by atoms with E-state index in [1.54, 1.807) is 0 Å². The van der Waals surface area contributed by atoms with Crippen LogP contribution in [-0.4, -0.2) is 54.3 Å². The Bertz CT molecular complexity index is 240. The number of rotatable bonds is 6. The fourth-order valence-electron chi connectivity index (χ4n) is 1.56. The number of ketones is 1. The number of hydrogen-bond acceptors (Lipinski definition) is 4. The molecule has 0 radical (unpaired) electrons. The van der Waals surface area contributed by atoms with Crippen LogP contribution >= 0.6 is 11.8 Å². The predicted octanol–water partition coefficient (Wildman–Crippen LogP) is 0.521. The van der Waals surface area contributed by atoms with E-state index in [9.17, 15) is 9.59 Å². The highest BCUT2D eigenvalue weighted by Gasteiger charge is 2.10. The van der Waals surface area contributed by atoms with Gasteiger partial charge in [-0.15, -0.1) is 0 Å². The van der Waals surface area contributed by atoms with Crippen LogP contribution in [0.1, 0.15) is 19.8 Å². The van der Waals surface area contributed by atoms with Crippen LogP contribution in [0.15, 0.2) is 0 Å². The van der Waals surface area contributed by atoms with E-state index in [0.717, 1.165) is 19.6 Å². The van der Waals surface area contributed by atoms with E-state index in [2.05, 4.69) is 10.2 Å². The summed E-state index contributed by atoms with van der Waals surface area (Å²) in [6.07, 6.45) is 0.678. The van der Waals surface area contributed by atoms with Gasteiger partial charge in [0.2, 0.25) is 5.91 Å². The molecule has 0 aromatic heterocycles. The van der Waals surface area contributed by atoms with Gasteiger partial charge >= 0.3 is 0 Å². The lowest BCUT2D eigenvalue weighted by Crippen LogP contribution is -2.39. The molecule has 0 aromatic carbocycles. The van der Waals surface area contributed by atoms with Gasteiger partial charge in [-0.1, -0.05) is 0 Å². The van der Waals surface area contributed by atoms with Crippen LogP contribution < -0.4 is 5.32 Å². The molecular formula is C11H20N2O2S. The number of carbonyl (C=O) groups is 2. The van der Waals surface area contributed by atoms with Crippen LogP contribution in [0.2, 0.25) is 0 Å². The quantitative estimate of drug-likeness (QED) is 0.740. The van der Waals surface area contributed by atoms with Gasteiger partial charge in [-0.2, -0.15) is 11.8 Å². The van der Waals surface area contributed by atoms with E-state index in [4.69, 9.17) is 0 Å². The molecule has 5 heteroatoms. The lowest BCUT2D eigenvalue weighted by molar-refractivity contribution is -0.124. The number of nitrogens with zero attached hydrogens (tertiary/aromatic N) is 1. The molecule has 1 aliphatic rings. The fraction of sp³-hybridized carbons (Fsp3) is 0.818. The van der Waals surface area contributed by atoms with E-state index in [1.165, 1.54) is 18.4 Å². The first-order valence-corrected chi connectivity index (χ1v) is 6.90. The van der Waals surface area contributed by atoms with Gasteiger partial charge in [-0.25, -0.2) is 0 Å². The highest BCUT2D eigenvalue weighted by molar-refractivity contribution is 7.99. The number of nitrogens with one attached hydrogen (secondary N) is 1. The Morgan fingerprint density at radius 2 is 1.94 bits per heavy atom. The van der Waals surface area contributed by atoms with Crippen LogP contribution in [-0.2, 0) is 9.59 Å². The molecule has 4 nitrogen and oxygen atoms in total. The van der Waals surface area contributed by atoms with Gasteiger partial charge in [0, 0.05) is 50.5 Å². The molecule has 0 saturated carbocycles. The van der Waals surface area contributed by atoms with E-state index < -0.39 is 0 Å². The average molecular weight is 244 g/mol. The molecule has 92 valence electrons. The van der Waals surface area contributed by atoms with Crippen LogP contribution in [0.3, 0.4) is 0 Å². The van der Waals surface area contributed by atoms with Crippen molar-refractivity contribution in [3.63, 3.8) is 0 Å². The molecule has 1 N–H and O–H groups in total. The Kier molecular flexibility index (Phi) is 6.49. The van der Waals surface area contributed by atoms with Crippen molar-refractivity contribution in [3.05, 3.63) is 0 Å².